The zero-order valence-electron chi connectivity index (χ0n) is 15.3. The maximum absolute atomic E-state index is 12.0. The molecule has 4 heteroatoms. The van der Waals surface area contributed by atoms with E-state index < -0.39 is 20.5 Å². The SMILES string of the molecule is N#S(N=S(c1ccccc1)c1ccccc1)(c1ccccc1)c1ccccc1. The van der Waals surface area contributed by atoms with Gasteiger partial charge in [0.05, 0.1) is 9.84 Å². The Kier molecular flexibility index (Phi) is 5.54. The lowest BCUT2D eigenvalue weighted by molar-refractivity contribution is 1.33. The normalized spacial score (nSPS) is 11.3. The topological polar surface area (TPSA) is 36.1 Å². The molecule has 4 aromatic rings. The van der Waals surface area contributed by atoms with E-state index in [4.69, 9.17) is 3.77 Å². The van der Waals surface area contributed by atoms with Crippen LogP contribution in [0.4, 0.5) is 0 Å². The van der Waals surface area contributed by atoms with Gasteiger partial charge in [0, 0.05) is 19.6 Å². The third kappa shape index (κ3) is 3.85. The van der Waals surface area contributed by atoms with Crippen LogP contribution in [-0.4, -0.2) is 0 Å². The number of hydrogen-bond donors (Lipinski definition) is 0. The minimum absolute atomic E-state index is 0.610. The van der Waals surface area contributed by atoms with Gasteiger partial charge >= 0.3 is 0 Å². The number of benzene rings is 4. The van der Waals surface area contributed by atoms with Crippen LogP contribution in [0.3, 0.4) is 0 Å². The lowest BCUT2D eigenvalue weighted by Gasteiger charge is -2.19. The largest absolute Gasteiger partial charge is 0.198 e. The van der Waals surface area contributed by atoms with E-state index in [2.05, 4.69) is 24.3 Å². The monoisotopic (exact) mass is 400 g/mol. The van der Waals surface area contributed by atoms with Crippen molar-refractivity contribution in [3.05, 3.63) is 121 Å². The summed E-state index contributed by atoms with van der Waals surface area (Å²) in [6.07, 6.45) is 0. The van der Waals surface area contributed by atoms with Crippen molar-refractivity contribution in [1.29, 1.82) is 4.61 Å². The van der Waals surface area contributed by atoms with E-state index in [0.717, 1.165) is 19.6 Å². The highest BCUT2D eigenvalue weighted by atomic mass is 32.3. The van der Waals surface area contributed by atoms with Gasteiger partial charge in [0.2, 0.25) is 0 Å². The fourth-order valence-electron chi connectivity index (χ4n) is 2.87. The van der Waals surface area contributed by atoms with Crippen LogP contribution in [0.15, 0.2) is 145 Å². The summed E-state index contributed by atoms with van der Waals surface area (Å²) in [7, 11) is -3.16. The molecule has 0 N–H and O–H groups in total. The van der Waals surface area contributed by atoms with E-state index in [0.29, 0.717) is 0 Å². The lowest BCUT2D eigenvalue weighted by atomic mass is 10.4. The second-order valence-corrected chi connectivity index (χ2v) is 10.3. The van der Waals surface area contributed by atoms with Crippen LogP contribution in [0.25, 0.3) is 0 Å². The molecule has 0 aliphatic carbocycles. The Balaban J connectivity index is 1.99. The highest BCUT2D eigenvalue weighted by Crippen LogP contribution is 2.52. The second-order valence-electron chi connectivity index (χ2n) is 6.16. The van der Waals surface area contributed by atoms with E-state index in [9.17, 15) is 4.61 Å². The smallest absolute Gasteiger partial charge is 0.0917 e. The fraction of sp³-hybridized carbons (Fsp3) is 0. The number of hydrogen-bond acceptors (Lipinski definition) is 2. The molecule has 0 saturated carbocycles. The van der Waals surface area contributed by atoms with Crippen molar-refractivity contribution >= 4 is 20.5 Å². The number of nitrogens with zero attached hydrogens (tertiary/aromatic N) is 2. The first-order valence-corrected chi connectivity index (χ1v) is 11.7. The van der Waals surface area contributed by atoms with Crippen LogP contribution >= 0.6 is 9.84 Å². The van der Waals surface area contributed by atoms with E-state index in [-0.39, 0.29) is 0 Å². The molecular formula is C24H20N2S2. The maximum Gasteiger partial charge on any atom is 0.0917 e. The standard InChI is InChI=1S/C24H20N2S2/c25-28(23-17-9-3-10-18-23,24-19-11-4-12-20-24)26-27(21-13-5-1-6-14-21)22-15-7-2-8-16-22/h1-20H. The first kappa shape index (κ1) is 18.5. The molecule has 0 heterocycles. The van der Waals surface area contributed by atoms with Crippen molar-refractivity contribution in [2.24, 2.45) is 3.77 Å². The van der Waals surface area contributed by atoms with Gasteiger partial charge in [-0.05, 0) is 59.2 Å². The fourth-order valence-corrected chi connectivity index (χ4v) is 7.56. The molecule has 0 bridgehead atoms. The quantitative estimate of drug-likeness (QED) is 0.350. The Bertz CT molecular complexity index is 1090. The van der Waals surface area contributed by atoms with Crippen molar-refractivity contribution in [2.45, 2.75) is 19.6 Å². The number of rotatable bonds is 2. The summed E-state index contributed by atoms with van der Waals surface area (Å²) in [5.41, 5.74) is 0. The summed E-state index contributed by atoms with van der Waals surface area (Å²) < 4.78 is 17.1. The summed E-state index contributed by atoms with van der Waals surface area (Å²) in [6.45, 7) is 0. The van der Waals surface area contributed by atoms with Gasteiger partial charge < -0.3 is 0 Å². The van der Waals surface area contributed by atoms with Crippen molar-refractivity contribution in [3.8, 4) is 0 Å². The lowest BCUT2D eigenvalue weighted by Crippen LogP contribution is -1.95. The van der Waals surface area contributed by atoms with Gasteiger partial charge in [0.1, 0.15) is 0 Å². The van der Waals surface area contributed by atoms with Gasteiger partial charge in [0.15, 0.2) is 0 Å². The van der Waals surface area contributed by atoms with Crippen LogP contribution in [-0.2, 0) is 10.7 Å². The molecule has 0 aromatic heterocycles. The molecular weight excluding hydrogens is 380 g/mol. The predicted octanol–water partition coefficient (Wildman–Crippen LogP) is 7.22. The summed E-state index contributed by atoms with van der Waals surface area (Å²) in [5, 5.41) is 0. The molecule has 0 fully saturated rings. The van der Waals surface area contributed by atoms with Crippen LogP contribution in [0.5, 0.6) is 0 Å². The van der Waals surface area contributed by atoms with Crippen molar-refractivity contribution in [3.63, 3.8) is 0 Å². The summed E-state index contributed by atoms with van der Waals surface area (Å²) in [4.78, 5) is 3.86. The Hall–Kier alpha value is -2.91. The van der Waals surface area contributed by atoms with E-state index in [1.165, 1.54) is 0 Å². The molecule has 0 unspecified atom stereocenters. The van der Waals surface area contributed by atoms with E-state index in [1.807, 2.05) is 97.1 Å². The first-order valence-electron chi connectivity index (χ1n) is 9.01. The minimum Gasteiger partial charge on any atom is -0.198 e. The van der Waals surface area contributed by atoms with Gasteiger partial charge in [-0.25, -0.2) is 0 Å². The summed E-state index contributed by atoms with van der Waals surface area (Å²) >= 11 is 0. The Morgan fingerprint density at radius 1 is 0.500 bits per heavy atom. The van der Waals surface area contributed by atoms with Crippen LogP contribution in [0, 0.1) is 4.61 Å². The first-order chi connectivity index (χ1) is 13.8. The van der Waals surface area contributed by atoms with Crippen molar-refractivity contribution < 1.29 is 0 Å². The van der Waals surface area contributed by atoms with Crippen LogP contribution in [0.2, 0.25) is 0 Å². The Morgan fingerprint density at radius 3 is 1.18 bits per heavy atom. The summed E-state index contributed by atoms with van der Waals surface area (Å²) in [6, 6.07) is 40.0. The summed E-state index contributed by atoms with van der Waals surface area (Å²) in [5.74, 6) is 0. The molecule has 4 aromatic carbocycles. The molecule has 2 nitrogen and oxygen atoms in total. The van der Waals surface area contributed by atoms with E-state index in [1.54, 1.807) is 0 Å². The zero-order valence-corrected chi connectivity index (χ0v) is 16.9. The molecule has 0 aliphatic rings. The zero-order chi connectivity index (χ0) is 19.2. The van der Waals surface area contributed by atoms with Crippen molar-refractivity contribution in [1.82, 2.24) is 0 Å². The van der Waals surface area contributed by atoms with Gasteiger partial charge in [-0.1, -0.05) is 72.8 Å². The maximum atomic E-state index is 12.0. The molecule has 28 heavy (non-hydrogen) atoms. The van der Waals surface area contributed by atoms with Gasteiger partial charge in [-0.3, -0.25) is 0 Å². The molecule has 138 valence electrons. The molecule has 0 saturated heterocycles. The van der Waals surface area contributed by atoms with Crippen molar-refractivity contribution in [2.75, 3.05) is 0 Å². The third-order valence-electron chi connectivity index (χ3n) is 4.26. The van der Waals surface area contributed by atoms with Gasteiger partial charge in [0.25, 0.3) is 0 Å². The molecule has 0 atom stereocenters. The Morgan fingerprint density at radius 2 is 0.821 bits per heavy atom. The molecule has 0 spiro atoms. The second kappa shape index (κ2) is 8.41. The highest BCUT2D eigenvalue weighted by Gasteiger charge is 2.21. The van der Waals surface area contributed by atoms with Gasteiger partial charge in [-0.15, -0.1) is 0 Å². The predicted molar refractivity (Wildman–Crippen MR) is 118 cm³/mol. The minimum atomic E-state index is -2.55. The highest BCUT2D eigenvalue weighted by molar-refractivity contribution is 8.23. The molecule has 4 rings (SSSR count). The Labute approximate surface area is 169 Å². The van der Waals surface area contributed by atoms with E-state index >= 15 is 0 Å². The average Bonchev–Trinajstić information content (AvgIpc) is 2.80. The molecule has 0 aliphatic heterocycles. The van der Waals surface area contributed by atoms with Crippen LogP contribution in [0.1, 0.15) is 0 Å². The molecule has 0 radical (unpaired) electrons. The van der Waals surface area contributed by atoms with Crippen LogP contribution < -0.4 is 0 Å². The van der Waals surface area contributed by atoms with Gasteiger partial charge in [-0.2, -0.15) is 8.38 Å². The molecule has 0 amide bonds. The third-order valence-corrected chi connectivity index (χ3v) is 9.01. The average molecular weight is 401 g/mol.